The molecule has 160 valence electrons. The number of carbonyl (C=O) groups is 1. The van der Waals surface area contributed by atoms with Gasteiger partial charge in [0, 0.05) is 17.8 Å². The van der Waals surface area contributed by atoms with Crippen LogP contribution in [-0.2, 0) is 27.8 Å². The standard InChI is InChI=1S/C23H21FN2O4S/c1-30-22-11-9-19(14-20(22)24)31(28,29)25-18-8-10-21-17(13-18)7-12-23(27)26(21)15-16-5-3-2-4-6-16/h2-6,8-11,13-14,25H,7,12,15H2,1H3. The number of aryl methyl sites for hydroxylation is 1. The lowest BCUT2D eigenvalue weighted by Gasteiger charge is -2.30. The van der Waals surface area contributed by atoms with Crippen LogP contribution in [0.5, 0.6) is 5.75 Å². The lowest BCUT2D eigenvalue weighted by molar-refractivity contribution is -0.119. The van der Waals surface area contributed by atoms with Crippen LogP contribution >= 0.6 is 0 Å². The third-order valence-corrected chi connectivity index (χ3v) is 6.53. The summed E-state index contributed by atoms with van der Waals surface area (Å²) < 4.78 is 46.7. The molecule has 6 nitrogen and oxygen atoms in total. The molecule has 0 spiro atoms. The molecule has 4 rings (SSSR count). The van der Waals surface area contributed by atoms with Crippen LogP contribution in [0.3, 0.4) is 0 Å². The molecule has 1 N–H and O–H groups in total. The number of hydrogen-bond donors (Lipinski definition) is 1. The summed E-state index contributed by atoms with van der Waals surface area (Å²) >= 11 is 0. The van der Waals surface area contributed by atoms with Gasteiger partial charge in [-0.15, -0.1) is 0 Å². The van der Waals surface area contributed by atoms with Gasteiger partial charge in [0.1, 0.15) is 0 Å². The highest BCUT2D eigenvalue weighted by Crippen LogP contribution is 2.32. The first kappa shape index (κ1) is 20.9. The number of nitrogens with one attached hydrogen (secondary N) is 1. The molecule has 31 heavy (non-hydrogen) atoms. The molecule has 0 fully saturated rings. The second-order valence-corrected chi connectivity index (χ2v) is 8.89. The number of fused-ring (bicyclic) bond motifs is 1. The number of hydrogen-bond acceptors (Lipinski definition) is 4. The Morgan fingerprint density at radius 2 is 1.81 bits per heavy atom. The van der Waals surface area contributed by atoms with E-state index in [1.165, 1.54) is 19.2 Å². The minimum Gasteiger partial charge on any atom is -0.494 e. The summed E-state index contributed by atoms with van der Waals surface area (Å²) in [5.41, 5.74) is 2.99. The Labute approximate surface area is 180 Å². The van der Waals surface area contributed by atoms with Crippen molar-refractivity contribution in [3.05, 3.63) is 83.7 Å². The first-order valence-corrected chi connectivity index (χ1v) is 11.2. The van der Waals surface area contributed by atoms with Crippen LogP contribution in [0, 0.1) is 5.82 Å². The van der Waals surface area contributed by atoms with E-state index in [1.54, 1.807) is 23.1 Å². The lowest BCUT2D eigenvalue weighted by atomic mass is 10.00. The highest BCUT2D eigenvalue weighted by atomic mass is 32.2. The number of halogens is 1. The second kappa shape index (κ2) is 8.39. The van der Waals surface area contributed by atoms with E-state index in [-0.39, 0.29) is 16.6 Å². The van der Waals surface area contributed by atoms with Crippen molar-refractivity contribution in [1.29, 1.82) is 0 Å². The van der Waals surface area contributed by atoms with E-state index in [0.29, 0.717) is 25.1 Å². The van der Waals surface area contributed by atoms with E-state index < -0.39 is 15.8 Å². The number of methoxy groups -OCH3 is 1. The van der Waals surface area contributed by atoms with Crippen LogP contribution in [0.25, 0.3) is 0 Å². The normalized spacial score (nSPS) is 13.6. The van der Waals surface area contributed by atoms with Crippen LogP contribution < -0.4 is 14.4 Å². The van der Waals surface area contributed by atoms with Gasteiger partial charge in [0.2, 0.25) is 5.91 Å². The Hall–Kier alpha value is -3.39. The predicted octanol–water partition coefficient (Wildman–Crippen LogP) is 4.11. The minimum absolute atomic E-state index is 0.0263. The topological polar surface area (TPSA) is 75.7 Å². The van der Waals surface area contributed by atoms with E-state index >= 15 is 0 Å². The predicted molar refractivity (Wildman–Crippen MR) is 116 cm³/mol. The van der Waals surface area contributed by atoms with Crippen LogP contribution in [0.4, 0.5) is 15.8 Å². The Bertz CT molecular complexity index is 1230. The Balaban J connectivity index is 1.59. The van der Waals surface area contributed by atoms with Gasteiger partial charge in [-0.25, -0.2) is 12.8 Å². The molecule has 0 radical (unpaired) electrons. The van der Waals surface area contributed by atoms with Gasteiger partial charge in [0.25, 0.3) is 10.0 Å². The van der Waals surface area contributed by atoms with Crippen molar-refractivity contribution in [3.8, 4) is 5.75 Å². The third-order valence-electron chi connectivity index (χ3n) is 5.15. The molecule has 0 unspecified atom stereocenters. The molecule has 0 saturated heterocycles. The number of sulfonamides is 1. The van der Waals surface area contributed by atoms with Crippen molar-refractivity contribution in [2.45, 2.75) is 24.3 Å². The van der Waals surface area contributed by atoms with Crippen molar-refractivity contribution in [2.24, 2.45) is 0 Å². The van der Waals surface area contributed by atoms with Crippen LogP contribution in [0.2, 0.25) is 0 Å². The summed E-state index contributed by atoms with van der Waals surface area (Å²) in [5, 5.41) is 0. The fraction of sp³-hybridized carbons (Fsp3) is 0.174. The van der Waals surface area contributed by atoms with Gasteiger partial charge in [-0.3, -0.25) is 9.52 Å². The van der Waals surface area contributed by atoms with Crippen molar-refractivity contribution < 1.29 is 22.3 Å². The summed E-state index contributed by atoms with van der Waals surface area (Å²) in [6.45, 7) is 0.447. The van der Waals surface area contributed by atoms with Crippen molar-refractivity contribution in [3.63, 3.8) is 0 Å². The summed E-state index contributed by atoms with van der Waals surface area (Å²) in [4.78, 5) is 14.0. The number of rotatable bonds is 6. The van der Waals surface area contributed by atoms with Crippen LogP contribution in [0.1, 0.15) is 17.5 Å². The molecular weight excluding hydrogens is 419 g/mol. The highest BCUT2D eigenvalue weighted by molar-refractivity contribution is 7.92. The molecule has 0 bridgehead atoms. The zero-order valence-electron chi connectivity index (χ0n) is 16.8. The van der Waals surface area contributed by atoms with E-state index in [1.807, 2.05) is 30.3 Å². The van der Waals surface area contributed by atoms with Crippen molar-refractivity contribution >= 4 is 27.3 Å². The molecule has 1 aliphatic rings. The quantitative estimate of drug-likeness (QED) is 0.626. The smallest absolute Gasteiger partial charge is 0.262 e. The van der Waals surface area contributed by atoms with Gasteiger partial charge in [0.05, 0.1) is 18.6 Å². The molecule has 0 saturated carbocycles. The average Bonchev–Trinajstić information content (AvgIpc) is 2.76. The molecule has 3 aromatic carbocycles. The molecule has 0 aliphatic carbocycles. The molecule has 3 aromatic rings. The van der Waals surface area contributed by atoms with Gasteiger partial charge in [0.15, 0.2) is 11.6 Å². The molecule has 1 aliphatic heterocycles. The number of anilines is 2. The third kappa shape index (κ3) is 4.39. The number of carbonyl (C=O) groups excluding carboxylic acids is 1. The van der Waals surface area contributed by atoms with Gasteiger partial charge < -0.3 is 9.64 Å². The van der Waals surface area contributed by atoms with Gasteiger partial charge >= 0.3 is 0 Å². The molecule has 8 heteroatoms. The lowest BCUT2D eigenvalue weighted by Crippen LogP contribution is -2.34. The monoisotopic (exact) mass is 440 g/mol. The Morgan fingerprint density at radius 3 is 2.52 bits per heavy atom. The van der Waals surface area contributed by atoms with Gasteiger partial charge in [-0.2, -0.15) is 0 Å². The summed E-state index contributed by atoms with van der Waals surface area (Å²) in [6, 6.07) is 18.2. The fourth-order valence-electron chi connectivity index (χ4n) is 3.59. The number of nitrogens with zero attached hydrogens (tertiary/aromatic N) is 1. The zero-order chi connectivity index (χ0) is 22.0. The fourth-order valence-corrected chi connectivity index (χ4v) is 4.65. The van der Waals surface area contributed by atoms with Crippen LogP contribution in [0.15, 0.2) is 71.6 Å². The van der Waals surface area contributed by atoms with E-state index in [9.17, 15) is 17.6 Å². The number of amides is 1. The average molecular weight is 440 g/mol. The van der Waals surface area contributed by atoms with E-state index in [4.69, 9.17) is 4.74 Å². The Morgan fingerprint density at radius 1 is 1.03 bits per heavy atom. The van der Waals surface area contributed by atoms with Gasteiger partial charge in [-0.05, 0) is 53.9 Å². The first-order chi connectivity index (χ1) is 14.9. The first-order valence-electron chi connectivity index (χ1n) is 9.71. The second-order valence-electron chi connectivity index (χ2n) is 7.21. The van der Waals surface area contributed by atoms with Crippen molar-refractivity contribution in [2.75, 3.05) is 16.7 Å². The summed E-state index contributed by atoms with van der Waals surface area (Å²) in [7, 11) is -2.68. The zero-order valence-corrected chi connectivity index (χ0v) is 17.7. The maximum absolute atomic E-state index is 13.9. The van der Waals surface area contributed by atoms with Crippen LogP contribution in [-0.4, -0.2) is 21.4 Å². The summed E-state index contributed by atoms with van der Waals surface area (Å²) in [5.74, 6) is -0.764. The minimum atomic E-state index is -3.99. The van der Waals surface area contributed by atoms with Crippen molar-refractivity contribution in [1.82, 2.24) is 0 Å². The number of benzene rings is 3. The largest absolute Gasteiger partial charge is 0.494 e. The molecule has 1 amide bonds. The molecule has 0 atom stereocenters. The SMILES string of the molecule is COc1ccc(S(=O)(=O)Nc2ccc3c(c2)CCC(=O)N3Cc2ccccc2)cc1F. The Kier molecular flexibility index (Phi) is 5.65. The number of ether oxygens (including phenoxy) is 1. The molecular formula is C23H21FN2O4S. The molecule has 0 aromatic heterocycles. The van der Waals surface area contributed by atoms with E-state index in [0.717, 1.165) is 22.9 Å². The van der Waals surface area contributed by atoms with Gasteiger partial charge in [-0.1, -0.05) is 30.3 Å². The van der Waals surface area contributed by atoms with E-state index in [2.05, 4.69) is 4.72 Å². The summed E-state index contributed by atoms with van der Waals surface area (Å²) in [6.07, 6.45) is 0.867. The maximum atomic E-state index is 13.9. The highest BCUT2D eigenvalue weighted by Gasteiger charge is 2.25. The maximum Gasteiger partial charge on any atom is 0.262 e. The molecule has 1 heterocycles.